The second-order valence-electron chi connectivity index (χ2n) is 4.09. The minimum atomic E-state index is -4.48. The summed E-state index contributed by atoms with van der Waals surface area (Å²) in [6, 6.07) is 4.46. The van der Waals surface area contributed by atoms with E-state index in [1.54, 1.807) is 0 Å². The van der Waals surface area contributed by atoms with Gasteiger partial charge in [-0.3, -0.25) is 9.63 Å². The van der Waals surface area contributed by atoms with Crippen LogP contribution in [0.15, 0.2) is 35.1 Å². The van der Waals surface area contributed by atoms with Gasteiger partial charge in [0, 0.05) is 12.6 Å². The summed E-state index contributed by atoms with van der Waals surface area (Å²) in [4.78, 5) is 20.4. The number of alkyl halides is 3. The molecule has 8 heteroatoms. The van der Waals surface area contributed by atoms with Crippen molar-refractivity contribution in [1.82, 2.24) is 10.0 Å². The van der Waals surface area contributed by atoms with Gasteiger partial charge in [-0.15, -0.1) is 0 Å². The molecule has 0 fully saturated rings. The third-order valence-corrected chi connectivity index (χ3v) is 2.78. The molecule has 21 heavy (non-hydrogen) atoms. The second kappa shape index (κ2) is 5.57. The van der Waals surface area contributed by atoms with Crippen LogP contribution in [0.4, 0.5) is 13.2 Å². The van der Waals surface area contributed by atoms with Gasteiger partial charge in [0.1, 0.15) is 0 Å². The molecule has 0 radical (unpaired) electrons. The number of halogens is 3. The smallest absolute Gasteiger partial charge is 0.416 e. The zero-order valence-corrected chi connectivity index (χ0v) is 11.1. The summed E-state index contributed by atoms with van der Waals surface area (Å²) in [7, 11) is 2.63. The Bertz CT molecular complexity index is 652. The Hall–Kier alpha value is -2.35. The maximum Gasteiger partial charge on any atom is 0.416 e. The van der Waals surface area contributed by atoms with Crippen LogP contribution in [0.25, 0.3) is 11.3 Å². The highest BCUT2D eigenvalue weighted by Gasteiger charge is 2.31. The molecule has 0 unspecified atom stereocenters. The van der Waals surface area contributed by atoms with Crippen molar-refractivity contribution in [3.05, 3.63) is 41.9 Å². The first-order valence-electron chi connectivity index (χ1n) is 5.78. The molecule has 1 heterocycles. The summed E-state index contributed by atoms with van der Waals surface area (Å²) < 4.78 is 43.2. The molecule has 1 aromatic heterocycles. The molecule has 0 saturated heterocycles. The van der Waals surface area contributed by atoms with Gasteiger partial charge in [0.05, 0.1) is 12.7 Å². The van der Waals surface area contributed by atoms with Crippen LogP contribution in [0.3, 0.4) is 0 Å². The first-order chi connectivity index (χ1) is 9.84. The number of hydrogen-bond donors (Lipinski definition) is 0. The summed E-state index contributed by atoms with van der Waals surface area (Å²) in [6.45, 7) is 0. The molecule has 0 saturated carbocycles. The largest absolute Gasteiger partial charge is 0.443 e. The van der Waals surface area contributed by atoms with Gasteiger partial charge in [-0.2, -0.15) is 13.2 Å². The van der Waals surface area contributed by atoms with Crippen molar-refractivity contribution in [3.8, 4) is 11.3 Å². The van der Waals surface area contributed by atoms with Gasteiger partial charge in [0.2, 0.25) is 0 Å². The van der Waals surface area contributed by atoms with Gasteiger partial charge in [0.15, 0.2) is 17.8 Å². The molecule has 1 aromatic carbocycles. The maximum absolute atomic E-state index is 12.7. The Balaban J connectivity index is 2.45. The minimum Gasteiger partial charge on any atom is -0.443 e. The summed E-state index contributed by atoms with van der Waals surface area (Å²) in [5, 5.41) is 0.898. The molecule has 0 N–H and O–H groups in total. The molecule has 0 aliphatic rings. The number of benzene rings is 1. The number of oxazole rings is 1. The monoisotopic (exact) mass is 300 g/mol. The minimum absolute atomic E-state index is 0.0463. The fourth-order valence-corrected chi connectivity index (χ4v) is 1.67. The van der Waals surface area contributed by atoms with Crippen molar-refractivity contribution in [2.75, 3.05) is 14.2 Å². The van der Waals surface area contributed by atoms with Crippen LogP contribution in [0.2, 0.25) is 0 Å². The normalized spacial score (nSPS) is 11.5. The van der Waals surface area contributed by atoms with E-state index in [1.165, 1.54) is 26.3 Å². The van der Waals surface area contributed by atoms with Gasteiger partial charge in [-0.25, -0.2) is 10.0 Å². The highest BCUT2D eigenvalue weighted by Crippen LogP contribution is 2.33. The number of carbonyl (C=O) groups is 1. The average Bonchev–Trinajstić information content (AvgIpc) is 2.94. The van der Waals surface area contributed by atoms with Gasteiger partial charge in [0.25, 0.3) is 5.91 Å². The van der Waals surface area contributed by atoms with Gasteiger partial charge in [-0.05, 0) is 12.1 Å². The second-order valence-corrected chi connectivity index (χ2v) is 4.09. The van der Waals surface area contributed by atoms with E-state index >= 15 is 0 Å². The Morgan fingerprint density at radius 1 is 1.38 bits per heavy atom. The van der Waals surface area contributed by atoms with E-state index in [1.807, 2.05) is 0 Å². The predicted molar refractivity (Wildman–Crippen MR) is 66.0 cm³/mol. The Kier molecular flexibility index (Phi) is 3.99. The van der Waals surface area contributed by atoms with E-state index < -0.39 is 17.6 Å². The van der Waals surface area contributed by atoms with Gasteiger partial charge >= 0.3 is 6.18 Å². The number of aromatic nitrogens is 1. The topological polar surface area (TPSA) is 55.6 Å². The van der Waals surface area contributed by atoms with E-state index in [4.69, 9.17) is 9.25 Å². The number of rotatable bonds is 3. The molecule has 0 atom stereocenters. The lowest BCUT2D eigenvalue weighted by molar-refractivity contribution is -0.137. The van der Waals surface area contributed by atoms with Gasteiger partial charge < -0.3 is 4.42 Å². The molecule has 112 valence electrons. The molecule has 1 amide bonds. The Labute approximate surface area is 117 Å². The number of amides is 1. The summed E-state index contributed by atoms with van der Waals surface area (Å²) in [6.07, 6.45) is -3.49. The lowest BCUT2D eigenvalue weighted by Gasteiger charge is -2.12. The first-order valence-corrected chi connectivity index (χ1v) is 5.78. The van der Waals surface area contributed by atoms with Crippen molar-refractivity contribution in [2.24, 2.45) is 0 Å². The van der Waals surface area contributed by atoms with E-state index in [9.17, 15) is 18.0 Å². The highest BCUT2D eigenvalue weighted by molar-refractivity contribution is 5.96. The Morgan fingerprint density at radius 3 is 2.71 bits per heavy atom. The van der Waals surface area contributed by atoms with Crippen LogP contribution < -0.4 is 0 Å². The summed E-state index contributed by atoms with van der Waals surface area (Å²) in [5.41, 5.74) is -0.858. The molecule has 5 nitrogen and oxygen atoms in total. The standard InChI is InChI=1S/C13H11F3N2O3/c1-18(20-2)12(19)10-11(21-7-17-10)8-4-3-5-9(6-8)13(14,15)16/h3-7H,1-2H3. The van der Waals surface area contributed by atoms with Crippen molar-refractivity contribution in [1.29, 1.82) is 0 Å². The lowest BCUT2D eigenvalue weighted by Crippen LogP contribution is -2.26. The van der Waals surface area contributed by atoms with E-state index in [0.717, 1.165) is 23.6 Å². The predicted octanol–water partition coefficient (Wildman–Crippen LogP) is 2.99. The summed E-state index contributed by atoms with van der Waals surface area (Å²) >= 11 is 0. The number of hydrogen-bond acceptors (Lipinski definition) is 4. The summed E-state index contributed by atoms with van der Waals surface area (Å²) in [5.74, 6) is -0.673. The third-order valence-electron chi connectivity index (χ3n) is 2.78. The van der Waals surface area contributed by atoms with Gasteiger partial charge in [-0.1, -0.05) is 12.1 Å². The van der Waals surface area contributed by atoms with E-state index in [0.29, 0.717) is 0 Å². The molecule has 2 aromatic rings. The zero-order valence-electron chi connectivity index (χ0n) is 11.1. The number of carbonyl (C=O) groups excluding carboxylic acids is 1. The molecule has 2 rings (SSSR count). The quantitative estimate of drug-likeness (QED) is 0.818. The van der Waals surface area contributed by atoms with Crippen LogP contribution in [0.1, 0.15) is 16.1 Å². The first kappa shape index (κ1) is 15.0. The van der Waals surface area contributed by atoms with Crippen LogP contribution in [0, 0.1) is 0 Å². The third kappa shape index (κ3) is 3.05. The molecule has 0 aliphatic heterocycles. The van der Waals surface area contributed by atoms with Crippen LogP contribution in [0.5, 0.6) is 0 Å². The number of nitrogens with zero attached hydrogens (tertiary/aromatic N) is 2. The van der Waals surface area contributed by atoms with Crippen molar-refractivity contribution in [3.63, 3.8) is 0 Å². The van der Waals surface area contributed by atoms with Crippen LogP contribution in [-0.4, -0.2) is 30.1 Å². The van der Waals surface area contributed by atoms with Crippen molar-refractivity contribution < 1.29 is 27.2 Å². The molecular weight excluding hydrogens is 289 g/mol. The fraction of sp³-hybridized carbons (Fsp3) is 0.231. The van der Waals surface area contributed by atoms with Crippen molar-refractivity contribution in [2.45, 2.75) is 6.18 Å². The van der Waals surface area contributed by atoms with Crippen molar-refractivity contribution >= 4 is 5.91 Å². The SMILES string of the molecule is CON(C)C(=O)c1ncoc1-c1cccc(C(F)(F)F)c1. The molecule has 0 aliphatic carbocycles. The Morgan fingerprint density at radius 2 is 2.10 bits per heavy atom. The average molecular weight is 300 g/mol. The highest BCUT2D eigenvalue weighted by atomic mass is 19.4. The number of hydroxylamine groups is 2. The van der Waals surface area contributed by atoms with E-state index in [-0.39, 0.29) is 17.0 Å². The molecular formula is C13H11F3N2O3. The zero-order chi connectivity index (χ0) is 15.6. The van der Waals surface area contributed by atoms with Crippen LogP contribution in [-0.2, 0) is 11.0 Å². The maximum atomic E-state index is 12.7. The molecule has 0 spiro atoms. The molecule has 0 bridgehead atoms. The van der Waals surface area contributed by atoms with Crippen LogP contribution >= 0.6 is 0 Å². The lowest BCUT2D eigenvalue weighted by atomic mass is 10.1. The van der Waals surface area contributed by atoms with E-state index in [2.05, 4.69) is 4.98 Å². The fourth-order valence-electron chi connectivity index (χ4n) is 1.67.